The lowest BCUT2D eigenvalue weighted by Crippen LogP contribution is -2.68. The highest BCUT2D eigenvalue weighted by atomic mass is 16.7. The molecule has 2 saturated heterocycles. The molecule has 0 aromatic carbocycles. The molecule has 10 atom stereocenters. The van der Waals surface area contributed by atoms with Crippen LogP contribution >= 0.6 is 0 Å². The molecule has 2 rings (SSSR count). The van der Waals surface area contributed by atoms with E-state index in [-0.39, 0.29) is 0 Å². The zero-order valence-corrected chi connectivity index (χ0v) is 15.0. The third-order valence-corrected chi connectivity index (χ3v) is 4.71. The number of nitrogens with two attached hydrogens (primary N) is 1. The Labute approximate surface area is 155 Å². The van der Waals surface area contributed by atoms with Crippen LogP contribution in [0.5, 0.6) is 0 Å². The van der Waals surface area contributed by atoms with Gasteiger partial charge < -0.3 is 55.5 Å². The number of rotatable bonds is 6. The molecule has 158 valence electrons. The molecular weight excluding hydrogens is 368 g/mol. The lowest BCUT2D eigenvalue weighted by atomic mass is 9.95. The summed E-state index contributed by atoms with van der Waals surface area (Å²) in [6.45, 7) is 0.119. The van der Waals surface area contributed by atoms with Crippen molar-refractivity contribution in [2.24, 2.45) is 5.73 Å². The van der Waals surface area contributed by atoms with Crippen molar-refractivity contribution in [1.29, 1.82) is 0 Å². The Morgan fingerprint density at radius 2 is 1.67 bits per heavy atom. The Balaban J connectivity index is 2.24. The summed E-state index contributed by atoms with van der Waals surface area (Å²) in [5.41, 5.74) is 5.67. The fourth-order valence-corrected chi connectivity index (χ4v) is 3.29. The van der Waals surface area contributed by atoms with E-state index in [1.54, 1.807) is 0 Å². The Morgan fingerprint density at radius 1 is 1.07 bits per heavy atom. The SMILES string of the molecule is COC1C(O)[C@@H](NC(C)=O)C(OC2C(O)[C@H](N)C(O)O[C@@H]2CO)O[C@H]1CO. The summed E-state index contributed by atoms with van der Waals surface area (Å²) in [5, 5.41) is 52.0. The molecule has 0 aliphatic carbocycles. The maximum Gasteiger partial charge on any atom is 0.217 e. The van der Waals surface area contributed by atoms with Crippen molar-refractivity contribution in [2.45, 2.75) is 68.2 Å². The first kappa shape index (κ1) is 22.4. The van der Waals surface area contributed by atoms with Gasteiger partial charge in [0.15, 0.2) is 12.6 Å². The summed E-state index contributed by atoms with van der Waals surface area (Å²) in [5.74, 6) is -0.486. The van der Waals surface area contributed by atoms with E-state index in [2.05, 4.69) is 5.32 Å². The predicted octanol–water partition coefficient (Wildman–Crippen LogP) is -4.63. The van der Waals surface area contributed by atoms with Gasteiger partial charge in [0.1, 0.15) is 42.7 Å². The Bertz CT molecular complexity index is 495. The van der Waals surface area contributed by atoms with E-state index in [0.29, 0.717) is 0 Å². The molecule has 8 N–H and O–H groups in total. The molecule has 1 amide bonds. The fraction of sp³-hybridized carbons (Fsp3) is 0.933. The molecule has 2 fully saturated rings. The molecular formula is C15H28N2O10. The van der Waals surface area contributed by atoms with E-state index in [9.17, 15) is 30.3 Å². The van der Waals surface area contributed by atoms with Crippen LogP contribution in [-0.2, 0) is 23.7 Å². The number of carbonyl (C=O) groups excluding carboxylic acids is 1. The summed E-state index contributed by atoms with van der Waals surface area (Å²) in [6, 6.07) is -2.32. The third kappa shape index (κ3) is 4.74. The highest BCUT2D eigenvalue weighted by Crippen LogP contribution is 2.29. The minimum Gasteiger partial charge on any atom is -0.394 e. The van der Waals surface area contributed by atoms with Crippen molar-refractivity contribution >= 4 is 5.91 Å². The van der Waals surface area contributed by atoms with E-state index >= 15 is 0 Å². The van der Waals surface area contributed by atoms with E-state index in [1.165, 1.54) is 14.0 Å². The summed E-state index contributed by atoms with van der Waals surface area (Å²) in [6.07, 6.45) is -9.87. The number of carbonyl (C=O) groups is 1. The first-order chi connectivity index (χ1) is 12.7. The fourth-order valence-electron chi connectivity index (χ4n) is 3.29. The Morgan fingerprint density at radius 3 is 2.19 bits per heavy atom. The van der Waals surface area contributed by atoms with Gasteiger partial charge in [0.05, 0.1) is 19.3 Å². The van der Waals surface area contributed by atoms with Gasteiger partial charge in [0.2, 0.25) is 5.91 Å². The van der Waals surface area contributed by atoms with E-state index in [0.717, 1.165) is 0 Å². The molecule has 12 nitrogen and oxygen atoms in total. The second-order valence-electron chi connectivity index (χ2n) is 6.56. The number of methoxy groups -OCH3 is 1. The molecule has 2 aliphatic rings. The van der Waals surface area contributed by atoms with Crippen molar-refractivity contribution in [1.82, 2.24) is 5.32 Å². The lowest BCUT2D eigenvalue weighted by molar-refractivity contribution is -0.327. The third-order valence-electron chi connectivity index (χ3n) is 4.71. The number of amides is 1. The Hall–Kier alpha value is -0.930. The number of hydrogen-bond donors (Lipinski definition) is 7. The molecule has 27 heavy (non-hydrogen) atoms. The average Bonchev–Trinajstić information content (AvgIpc) is 2.63. The number of hydrogen-bond acceptors (Lipinski definition) is 11. The van der Waals surface area contributed by atoms with E-state index in [1.807, 2.05) is 0 Å². The number of ether oxygens (including phenoxy) is 4. The predicted molar refractivity (Wildman–Crippen MR) is 87.0 cm³/mol. The van der Waals surface area contributed by atoms with Crippen LogP contribution in [0.25, 0.3) is 0 Å². The second-order valence-corrected chi connectivity index (χ2v) is 6.56. The summed E-state index contributed by atoms with van der Waals surface area (Å²) >= 11 is 0. The molecule has 0 saturated carbocycles. The Kier molecular flexibility index (Phi) is 7.88. The topological polar surface area (TPSA) is 193 Å². The van der Waals surface area contributed by atoms with Crippen molar-refractivity contribution in [3.63, 3.8) is 0 Å². The molecule has 0 aromatic rings. The van der Waals surface area contributed by atoms with Crippen molar-refractivity contribution < 1.29 is 49.3 Å². The average molecular weight is 396 g/mol. The van der Waals surface area contributed by atoms with Gasteiger partial charge in [0, 0.05) is 14.0 Å². The first-order valence-electron chi connectivity index (χ1n) is 8.52. The molecule has 12 heteroatoms. The molecule has 0 bridgehead atoms. The van der Waals surface area contributed by atoms with Crippen LogP contribution in [0, 0.1) is 0 Å². The lowest BCUT2D eigenvalue weighted by Gasteiger charge is -2.47. The minimum absolute atomic E-state index is 0.486. The van der Waals surface area contributed by atoms with Gasteiger partial charge in [-0.3, -0.25) is 4.79 Å². The summed E-state index contributed by atoms with van der Waals surface area (Å²) in [7, 11) is 1.31. The smallest absolute Gasteiger partial charge is 0.217 e. The van der Waals surface area contributed by atoms with Crippen molar-refractivity contribution in [3.8, 4) is 0 Å². The molecule has 6 unspecified atom stereocenters. The number of nitrogens with one attached hydrogen (secondary N) is 1. The van der Waals surface area contributed by atoms with Gasteiger partial charge in [-0.1, -0.05) is 0 Å². The standard InChI is InChI=1S/C15H28N2O10/c1-5(20)17-9-11(22)12(24-2)6(3-18)26-15(9)27-13-7(4-19)25-14(23)8(16)10(13)21/h6-15,18-19,21-23H,3-4,16H2,1-2H3,(H,17,20)/t6-,7+,8-,9+,10?,11?,12?,13?,14?,15?/m0/s1. The summed E-state index contributed by atoms with van der Waals surface area (Å²) in [4.78, 5) is 11.5. The van der Waals surface area contributed by atoms with Gasteiger partial charge in [-0.25, -0.2) is 0 Å². The second kappa shape index (κ2) is 9.52. The van der Waals surface area contributed by atoms with Gasteiger partial charge in [-0.05, 0) is 0 Å². The van der Waals surface area contributed by atoms with Crippen LogP contribution in [0.15, 0.2) is 0 Å². The maximum absolute atomic E-state index is 11.5. The molecule has 2 heterocycles. The molecule has 0 aromatic heterocycles. The minimum atomic E-state index is -1.51. The van der Waals surface area contributed by atoms with Gasteiger partial charge >= 0.3 is 0 Å². The van der Waals surface area contributed by atoms with Crippen molar-refractivity contribution in [2.75, 3.05) is 20.3 Å². The highest BCUT2D eigenvalue weighted by molar-refractivity contribution is 5.73. The van der Waals surface area contributed by atoms with Crippen LogP contribution in [-0.4, -0.2) is 113 Å². The number of aliphatic hydroxyl groups is 5. The monoisotopic (exact) mass is 396 g/mol. The van der Waals surface area contributed by atoms with Crippen LogP contribution in [0.4, 0.5) is 0 Å². The van der Waals surface area contributed by atoms with Crippen molar-refractivity contribution in [3.05, 3.63) is 0 Å². The number of aliphatic hydroxyl groups excluding tert-OH is 5. The molecule has 0 radical (unpaired) electrons. The van der Waals surface area contributed by atoms with Gasteiger partial charge in [-0.15, -0.1) is 0 Å². The van der Waals surface area contributed by atoms with Crippen LogP contribution in [0.1, 0.15) is 6.92 Å². The zero-order valence-electron chi connectivity index (χ0n) is 15.0. The van der Waals surface area contributed by atoms with Gasteiger partial charge in [0.25, 0.3) is 0 Å². The van der Waals surface area contributed by atoms with Crippen LogP contribution in [0.2, 0.25) is 0 Å². The van der Waals surface area contributed by atoms with E-state index < -0.39 is 80.4 Å². The van der Waals surface area contributed by atoms with E-state index in [4.69, 9.17) is 24.7 Å². The molecule has 2 aliphatic heterocycles. The molecule has 0 spiro atoms. The quantitative estimate of drug-likeness (QED) is 0.228. The largest absolute Gasteiger partial charge is 0.394 e. The van der Waals surface area contributed by atoms with Crippen LogP contribution in [0.3, 0.4) is 0 Å². The zero-order chi connectivity index (χ0) is 20.3. The van der Waals surface area contributed by atoms with Crippen LogP contribution < -0.4 is 11.1 Å². The van der Waals surface area contributed by atoms with Gasteiger partial charge in [-0.2, -0.15) is 0 Å². The highest BCUT2D eigenvalue weighted by Gasteiger charge is 2.50. The summed E-state index contributed by atoms with van der Waals surface area (Å²) < 4.78 is 21.6. The normalized spacial score (nSPS) is 45.5. The first-order valence-corrected chi connectivity index (χ1v) is 8.52. The maximum atomic E-state index is 11.5.